The number of nitrogens with two attached hydrogens (primary N) is 1. The Kier molecular flexibility index (Phi) is 5.25. The van der Waals surface area contributed by atoms with E-state index in [0.717, 1.165) is 5.56 Å². The fourth-order valence-electron chi connectivity index (χ4n) is 2.11. The molecule has 22 heavy (non-hydrogen) atoms. The standard InChI is InChI=1S/C17H17FN2O2/c18-14-9-6-12(7-10-14)8-11-15(21)20-16(17(19)22)13-4-2-1-3-5-13/h1-7,9-10,16H,8,11H2,(H2,19,22)(H,20,21)/t16-/m1/s1. The molecule has 0 unspecified atom stereocenters. The molecule has 5 heteroatoms. The molecule has 114 valence electrons. The van der Waals surface area contributed by atoms with Crippen LogP contribution in [-0.2, 0) is 16.0 Å². The number of primary amides is 1. The van der Waals surface area contributed by atoms with Crippen molar-refractivity contribution >= 4 is 11.8 Å². The van der Waals surface area contributed by atoms with Gasteiger partial charge < -0.3 is 11.1 Å². The number of nitrogens with one attached hydrogen (secondary N) is 1. The first kappa shape index (κ1) is 15.7. The van der Waals surface area contributed by atoms with E-state index < -0.39 is 11.9 Å². The lowest BCUT2D eigenvalue weighted by Crippen LogP contribution is -2.37. The van der Waals surface area contributed by atoms with Crippen LogP contribution in [0.25, 0.3) is 0 Å². The van der Waals surface area contributed by atoms with Crippen molar-refractivity contribution in [1.29, 1.82) is 0 Å². The summed E-state index contributed by atoms with van der Waals surface area (Å²) in [6.07, 6.45) is 0.661. The predicted octanol–water partition coefficient (Wildman–Crippen LogP) is 2.10. The third-order valence-electron chi connectivity index (χ3n) is 3.28. The molecule has 0 saturated heterocycles. The van der Waals surface area contributed by atoms with Crippen molar-refractivity contribution in [2.24, 2.45) is 5.73 Å². The SMILES string of the molecule is NC(=O)[C@H](NC(=O)CCc1ccc(F)cc1)c1ccccc1. The molecule has 0 radical (unpaired) electrons. The van der Waals surface area contributed by atoms with Gasteiger partial charge in [0.25, 0.3) is 0 Å². The van der Waals surface area contributed by atoms with Gasteiger partial charge in [-0.15, -0.1) is 0 Å². The second kappa shape index (κ2) is 7.36. The van der Waals surface area contributed by atoms with Crippen molar-refractivity contribution in [3.8, 4) is 0 Å². The smallest absolute Gasteiger partial charge is 0.244 e. The minimum absolute atomic E-state index is 0.197. The van der Waals surface area contributed by atoms with E-state index in [2.05, 4.69) is 5.32 Å². The maximum Gasteiger partial charge on any atom is 0.244 e. The lowest BCUT2D eigenvalue weighted by Gasteiger charge is -2.15. The van der Waals surface area contributed by atoms with Gasteiger partial charge in [-0.1, -0.05) is 42.5 Å². The summed E-state index contributed by atoms with van der Waals surface area (Å²) in [6, 6.07) is 13.9. The van der Waals surface area contributed by atoms with Crippen molar-refractivity contribution in [3.05, 3.63) is 71.5 Å². The predicted molar refractivity (Wildman–Crippen MR) is 81.2 cm³/mol. The fraction of sp³-hybridized carbons (Fsp3) is 0.176. The van der Waals surface area contributed by atoms with E-state index in [-0.39, 0.29) is 18.1 Å². The van der Waals surface area contributed by atoms with Crippen molar-refractivity contribution in [3.63, 3.8) is 0 Å². The van der Waals surface area contributed by atoms with E-state index >= 15 is 0 Å². The largest absolute Gasteiger partial charge is 0.368 e. The van der Waals surface area contributed by atoms with Crippen LogP contribution in [0.2, 0.25) is 0 Å². The van der Waals surface area contributed by atoms with Crippen LogP contribution < -0.4 is 11.1 Å². The van der Waals surface area contributed by atoms with Crippen LogP contribution in [0.4, 0.5) is 4.39 Å². The van der Waals surface area contributed by atoms with E-state index in [1.807, 2.05) is 6.07 Å². The summed E-state index contributed by atoms with van der Waals surface area (Å²) in [5, 5.41) is 2.63. The summed E-state index contributed by atoms with van der Waals surface area (Å²) >= 11 is 0. The topological polar surface area (TPSA) is 72.2 Å². The molecule has 2 amide bonds. The molecular formula is C17H17FN2O2. The zero-order chi connectivity index (χ0) is 15.9. The second-order valence-electron chi connectivity index (χ2n) is 4.94. The highest BCUT2D eigenvalue weighted by atomic mass is 19.1. The van der Waals surface area contributed by atoms with Gasteiger partial charge in [0, 0.05) is 6.42 Å². The molecule has 1 atom stereocenters. The van der Waals surface area contributed by atoms with Crippen molar-refractivity contribution in [1.82, 2.24) is 5.32 Å². The van der Waals surface area contributed by atoms with Crippen LogP contribution in [0.15, 0.2) is 54.6 Å². The zero-order valence-corrected chi connectivity index (χ0v) is 12.0. The van der Waals surface area contributed by atoms with Gasteiger partial charge in [-0.3, -0.25) is 9.59 Å². The van der Waals surface area contributed by atoms with Gasteiger partial charge in [-0.2, -0.15) is 0 Å². The summed E-state index contributed by atoms with van der Waals surface area (Å²) in [5.41, 5.74) is 6.84. The molecule has 0 aliphatic rings. The Labute approximate surface area is 128 Å². The van der Waals surface area contributed by atoms with Gasteiger partial charge >= 0.3 is 0 Å². The van der Waals surface area contributed by atoms with E-state index in [4.69, 9.17) is 5.73 Å². The van der Waals surface area contributed by atoms with E-state index in [9.17, 15) is 14.0 Å². The lowest BCUT2D eigenvalue weighted by atomic mass is 10.1. The van der Waals surface area contributed by atoms with Crippen LogP contribution >= 0.6 is 0 Å². The second-order valence-corrected chi connectivity index (χ2v) is 4.94. The summed E-state index contributed by atoms with van der Waals surface area (Å²) in [4.78, 5) is 23.5. The number of carbonyl (C=O) groups is 2. The highest BCUT2D eigenvalue weighted by Gasteiger charge is 2.19. The minimum Gasteiger partial charge on any atom is -0.368 e. The van der Waals surface area contributed by atoms with Crippen molar-refractivity contribution in [2.75, 3.05) is 0 Å². The average Bonchev–Trinajstić information content (AvgIpc) is 2.52. The van der Waals surface area contributed by atoms with Crippen LogP contribution in [0.3, 0.4) is 0 Å². The van der Waals surface area contributed by atoms with E-state index in [1.165, 1.54) is 12.1 Å². The van der Waals surface area contributed by atoms with Gasteiger partial charge in [-0.25, -0.2) is 4.39 Å². The van der Waals surface area contributed by atoms with Gasteiger partial charge in [0.1, 0.15) is 11.9 Å². The molecule has 2 aromatic rings. The Bertz CT molecular complexity index is 641. The number of carbonyl (C=O) groups excluding carboxylic acids is 2. The third-order valence-corrected chi connectivity index (χ3v) is 3.28. The molecular weight excluding hydrogens is 283 g/mol. The third kappa shape index (κ3) is 4.41. The summed E-state index contributed by atoms with van der Waals surface area (Å²) in [7, 11) is 0. The summed E-state index contributed by atoms with van der Waals surface area (Å²) in [5.74, 6) is -1.20. The highest BCUT2D eigenvalue weighted by Crippen LogP contribution is 2.12. The first-order chi connectivity index (χ1) is 10.6. The Morgan fingerprint density at radius 3 is 2.27 bits per heavy atom. The highest BCUT2D eigenvalue weighted by molar-refractivity contribution is 5.87. The van der Waals surface area contributed by atoms with Gasteiger partial charge in [0.15, 0.2) is 0 Å². The number of rotatable bonds is 6. The quantitative estimate of drug-likeness (QED) is 0.857. The number of hydrogen-bond acceptors (Lipinski definition) is 2. The normalized spacial score (nSPS) is 11.7. The molecule has 0 spiro atoms. The van der Waals surface area contributed by atoms with Crippen LogP contribution in [-0.4, -0.2) is 11.8 Å². The number of halogens is 1. The first-order valence-corrected chi connectivity index (χ1v) is 6.94. The monoisotopic (exact) mass is 300 g/mol. The number of amides is 2. The number of benzene rings is 2. The molecule has 0 aromatic heterocycles. The Morgan fingerprint density at radius 2 is 1.68 bits per heavy atom. The zero-order valence-electron chi connectivity index (χ0n) is 12.0. The first-order valence-electron chi connectivity index (χ1n) is 6.94. The maximum atomic E-state index is 12.8. The van der Waals surface area contributed by atoms with Gasteiger partial charge in [0.05, 0.1) is 0 Å². The molecule has 0 aliphatic heterocycles. The van der Waals surface area contributed by atoms with Crippen molar-refractivity contribution in [2.45, 2.75) is 18.9 Å². The number of hydrogen-bond donors (Lipinski definition) is 2. The molecule has 2 rings (SSSR count). The maximum absolute atomic E-state index is 12.8. The Hall–Kier alpha value is -2.69. The Morgan fingerprint density at radius 1 is 1.05 bits per heavy atom. The molecule has 3 N–H and O–H groups in total. The van der Waals surface area contributed by atoms with Crippen LogP contribution in [0.5, 0.6) is 0 Å². The van der Waals surface area contributed by atoms with E-state index in [1.54, 1.807) is 36.4 Å². The molecule has 0 saturated carbocycles. The fourth-order valence-corrected chi connectivity index (χ4v) is 2.11. The lowest BCUT2D eigenvalue weighted by molar-refractivity contribution is -0.127. The van der Waals surface area contributed by atoms with Gasteiger partial charge in [-0.05, 0) is 29.7 Å². The Balaban J connectivity index is 1.94. The minimum atomic E-state index is -0.845. The molecule has 0 aliphatic carbocycles. The summed E-state index contributed by atoms with van der Waals surface area (Å²) in [6.45, 7) is 0. The molecule has 0 bridgehead atoms. The van der Waals surface area contributed by atoms with Gasteiger partial charge in [0.2, 0.25) is 11.8 Å². The molecule has 0 fully saturated rings. The summed E-state index contributed by atoms with van der Waals surface area (Å²) < 4.78 is 12.8. The molecule has 4 nitrogen and oxygen atoms in total. The molecule has 0 heterocycles. The van der Waals surface area contributed by atoms with Crippen LogP contribution in [0.1, 0.15) is 23.6 Å². The average molecular weight is 300 g/mol. The van der Waals surface area contributed by atoms with Crippen LogP contribution in [0, 0.1) is 5.82 Å². The molecule has 2 aromatic carbocycles. The number of aryl methyl sites for hydroxylation is 1. The van der Waals surface area contributed by atoms with E-state index in [0.29, 0.717) is 12.0 Å². The van der Waals surface area contributed by atoms with Crippen molar-refractivity contribution < 1.29 is 14.0 Å².